The van der Waals surface area contributed by atoms with E-state index in [2.05, 4.69) is 12.2 Å². The van der Waals surface area contributed by atoms with Crippen LogP contribution < -0.4 is 14.8 Å². The number of aromatic nitrogens is 2. The molecule has 182 valence electrons. The summed E-state index contributed by atoms with van der Waals surface area (Å²) in [6.45, 7) is 6.58. The van der Waals surface area contributed by atoms with Gasteiger partial charge in [0.15, 0.2) is 17.3 Å². The number of amides is 1. The van der Waals surface area contributed by atoms with Crippen molar-refractivity contribution in [2.75, 3.05) is 17.7 Å². The average molecular weight is 498 g/mol. The van der Waals surface area contributed by atoms with Gasteiger partial charge in [-0.3, -0.25) is 4.79 Å². The molecule has 0 atom stereocenters. The van der Waals surface area contributed by atoms with E-state index in [4.69, 9.17) is 19.4 Å². The topological polar surface area (TPSA) is 73.3 Å². The Bertz CT molecular complexity index is 1420. The number of hydrogen-bond donors (Lipinski definition) is 1. The van der Waals surface area contributed by atoms with Crippen LogP contribution in [-0.2, 0) is 11.2 Å². The highest BCUT2D eigenvalue weighted by Gasteiger charge is 2.27. The summed E-state index contributed by atoms with van der Waals surface area (Å²) >= 11 is 1.39. The zero-order valence-corrected chi connectivity index (χ0v) is 21.3. The second-order valence-corrected chi connectivity index (χ2v) is 9.56. The third-order valence-electron chi connectivity index (χ3n) is 6.02. The van der Waals surface area contributed by atoms with Crippen LogP contribution >= 0.6 is 11.8 Å². The van der Waals surface area contributed by atoms with Gasteiger partial charge < -0.3 is 14.8 Å². The second-order valence-electron chi connectivity index (χ2n) is 8.59. The third kappa shape index (κ3) is 5.06. The molecule has 36 heavy (non-hydrogen) atoms. The number of thioether (sulfide) groups is 1. The Balaban J connectivity index is 1.44. The number of fused-ring (bicyclic) bond motifs is 2. The molecule has 0 saturated heterocycles. The Kier molecular flexibility index (Phi) is 6.91. The van der Waals surface area contributed by atoms with Crippen molar-refractivity contribution in [3.8, 4) is 28.8 Å². The standard InChI is InChI=1S/C29H27N3O3S/c1-4-34-24-12-8-11-21-16-23-28(35-26(21)24)31-27(20-9-6-5-7-10-20)32-29(23)36-17-25(33)30-22-14-13-18(2)19(3)15-22/h5-15H,4,16-17H2,1-3H3,(H,30,33). The summed E-state index contributed by atoms with van der Waals surface area (Å²) in [4.78, 5) is 22.4. The van der Waals surface area contributed by atoms with Crippen molar-refractivity contribution in [1.82, 2.24) is 9.97 Å². The molecule has 0 saturated carbocycles. The van der Waals surface area contributed by atoms with Gasteiger partial charge in [0.2, 0.25) is 11.8 Å². The summed E-state index contributed by atoms with van der Waals surface area (Å²) < 4.78 is 12.1. The Morgan fingerprint density at radius 2 is 1.86 bits per heavy atom. The minimum Gasteiger partial charge on any atom is -0.490 e. The fraction of sp³-hybridized carbons (Fsp3) is 0.207. The molecule has 4 aromatic rings. The van der Waals surface area contributed by atoms with Crippen LogP contribution in [0.1, 0.15) is 29.2 Å². The van der Waals surface area contributed by atoms with Crippen molar-refractivity contribution in [2.24, 2.45) is 0 Å². The molecule has 7 heteroatoms. The predicted molar refractivity (Wildman–Crippen MR) is 143 cm³/mol. The molecular weight excluding hydrogens is 470 g/mol. The van der Waals surface area contributed by atoms with Gasteiger partial charge in [0.1, 0.15) is 5.03 Å². The summed E-state index contributed by atoms with van der Waals surface area (Å²) in [6.07, 6.45) is 0.599. The summed E-state index contributed by atoms with van der Waals surface area (Å²) in [5.41, 5.74) is 5.88. The van der Waals surface area contributed by atoms with Gasteiger partial charge in [0, 0.05) is 23.2 Å². The number of carbonyl (C=O) groups is 1. The van der Waals surface area contributed by atoms with E-state index in [1.807, 2.05) is 80.6 Å². The van der Waals surface area contributed by atoms with Crippen LogP contribution in [0.5, 0.6) is 17.4 Å². The molecule has 0 fully saturated rings. The fourth-order valence-electron chi connectivity index (χ4n) is 4.04. The third-order valence-corrected chi connectivity index (χ3v) is 7.04. The summed E-state index contributed by atoms with van der Waals surface area (Å²) in [5.74, 6) is 2.57. The predicted octanol–water partition coefficient (Wildman–Crippen LogP) is 6.59. The van der Waals surface area contributed by atoms with Gasteiger partial charge in [-0.25, -0.2) is 4.98 Å². The highest BCUT2D eigenvalue weighted by Crippen LogP contribution is 2.44. The maximum atomic E-state index is 12.8. The molecule has 0 spiro atoms. The number of nitrogens with zero attached hydrogens (tertiary/aromatic N) is 2. The van der Waals surface area contributed by atoms with Crippen LogP contribution in [-0.4, -0.2) is 28.2 Å². The summed E-state index contributed by atoms with van der Waals surface area (Å²) in [6, 6.07) is 21.6. The van der Waals surface area contributed by atoms with Crippen LogP contribution in [0.4, 0.5) is 5.69 Å². The van der Waals surface area contributed by atoms with Gasteiger partial charge >= 0.3 is 0 Å². The lowest BCUT2D eigenvalue weighted by Gasteiger charge is -2.23. The van der Waals surface area contributed by atoms with E-state index in [1.165, 1.54) is 17.3 Å². The zero-order valence-electron chi connectivity index (χ0n) is 20.5. The zero-order chi connectivity index (χ0) is 25.1. The van der Waals surface area contributed by atoms with Gasteiger partial charge in [-0.1, -0.05) is 60.3 Å². The van der Waals surface area contributed by atoms with Crippen molar-refractivity contribution in [3.63, 3.8) is 0 Å². The molecule has 1 amide bonds. The number of nitrogens with one attached hydrogen (secondary N) is 1. The molecule has 0 radical (unpaired) electrons. The van der Waals surface area contributed by atoms with Crippen LogP contribution in [0.25, 0.3) is 11.4 Å². The Morgan fingerprint density at radius 3 is 2.64 bits per heavy atom. The van der Waals surface area contributed by atoms with E-state index in [9.17, 15) is 4.79 Å². The first kappa shape index (κ1) is 23.9. The summed E-state index contributed by atoms with van der Waals surface area (Å²) in [5, 5.41) is 3.73. The van der Waals surface area contributed by atoms with Crippen molar-refractivity contribution in [2.45, 2.75) is 32.2 Å². The minimum atomic E-state index is -0.0902. The lowest BCUT2D eigenvalue weighted by atomic mass is 10.0. The highest BCUT2D eigenvalue weighted by atomic mass is 32.2. The first-order valence-corrected chi connectivity index (χ1v) is 12.9. The molecule has 6 nitrogen and oxygen atoms in total. The van der Waals surface area contributed by atoms with Crippen molar-refractivity contribution >= 4 is 23.4 Å². The molecule has 3 aromatic carbocycles. The van der Waals surface area contributed by atoms with E-state index < -0.39 is 0 Å². The van der Waals surface area contributed by atoms with E-state index in [-0.39, 0.29) is 11.7 Å². The molecule has 0 bridgehead atoms. The highest BCUT2D eigenvalue weighted by molar-refractivity contribution is 8.00. The Morgan fingerprint density at radius 1 is 1.03 bits per heavy atom. The number of hydrogen-bond acceptors (Lipinski definition) is 6. The molecule has 5 rings (SSSR count). The molecule has 0 unspecified atom stereocenters. The normalized spacial score (nSPS) is 11.8. The fourth-order valence-corrected chi connectivity index (χ4v) is 4.86. The number of ether oxygens (including phenoxy) is 2. The monoisotopic (exact) mass is 497 g/mol. The van der Waals surface area contributed by atoms with Gasteiger partial charge in [-0.2, -0.15) is 4.98 Å². The molecule has 2 heterocycles. The van der Waals surface area contributed by atoms with Crippen LogP contribution in [0.2, 0.25) is 0 Å². The lowest BCUT2D eigenvalue weighted by Crippen LogP contribution is -2.15. The number of rotatable bonds is 7. The average Bonchev–Trinajstić information content (AvgIpc) is 2.89. The first-order valence-electron chi connectivity index (χ1n) is 11.9. The molecule has 0 aliphatic carbocycles. The van der Waals surface area contributed by atoms with Gasteiger partial charge in [-0.05, 0) is 50.1 Å². The Labute approximate surface area is 215 Å². The van der Waals surface area contributed by atoms with Crippen molar-refractivity contribution in [3.05, 3.63) is 89.0 Å². The van der Waals surface area contributed by atoms with E-state index >= 15 is 0 Å². The number of aryl methyl sites for hydroxylation is 2. The lowest BCUT2D eigenvalue weighted by molar-refractivity contribution is -0.113. The van der Waals surface area contributed by atoms with Gasteiger partial charge in [0.05, 0.1) is 17.9 Å². The van der Waals surface area contributed by atoms with Crippen molar-refractivity contribution in [1.29, 1.82) is 0 Å². The van der Waals surface area contributed by atoms with Crippen molar-refractivity contribution < 1.29 is 14.3 Å². The molecular formula is C29H27N3O3S. The van der Waals surface area contributed by atoms with Crippen LogP contribution in [0, 0.1) is 13.8 Å². The van der Waals surface area contributed by atoms with Gasteiger partial charge in [0.25, 0.3) is 0 Å². The molecule has 1 N–H and O–H groups in total. The number of benzene rings is 3. The molecule has 1 aliphatic rings. The molecule has 1 aromatic heterocycles. The van der Waals surface area contributed by atoms with E-state index in [0.29, 0.717) is 36.2 Å². The maximum absolute atomic E-state index is 12.8. The Hall–Kier alpha value is -3.84. The number of carbonyl (C=O) groups excluding carboxylic acids is 1. The quantitative estimate of drug-likeness (QED) is 0.202. The number of para-hydroxylation sites is 1. The maximum Gasteiger partial charge on any atom is 0.234 e. The summed E-state index contributed by atoms with van der Waals surface area (Å²) in [7, 11) is 0. The van der Waals surface area contributed by atoms with E-state index in [0.717, 1.165) is 33.0 Å². The largest absolute Gasteiger partial charge is 0.490 e. The molecule has 1 aliphatic heterocycles. The first-order chi connectivity index (χ1) is 17.5. The van der Waals surface area contributed by atoms with Gasteiger partial charge in [-0.15, -0.1) is 0 Å². The minimum absolute atomic E-state index is 0.0902. The SMILES string of the molecule is CCOc1cccc2c1Oc1nc(-c3ccccc3)nc(SCC(=O)Nc3ccc(C)c(C)c3)c1C2. The second kappa shape index (κ2) is 10.4. The van der Waals surface area contributed by atoms with Crippen LogP contribution in [0.3, 0.4) is 0 Å². The number of anilines is 1. The smallest absolute Gasteiger partial charge is 0.234 e. The van der Waals surface area contributed by atoms with E-state index in [1.54, 1.807) is 0 Å². The van der Waals surface area contributed by atoms with Crippen LogP contribution in [0.15, 0.2) is 71.8 Å².